The Morgan fingerprint density at radius 1 is 1.03 bits per heavy atom. The van der Waals surface area contributed by atoms with Crippen LogP contribution in [0.1, 0.15) is 48.3 Å². The minimum atomic E-state index is -4.66. The minimum absolute atomic E-state index is 0.0523. The molecule has 8 heteroatoms. The van der Waals surface area contributed by atoms with Gasteiger partial charge in [0.15, 0.2) is 5.78 Å². The summed E-state index contributed by atoms with van der Waals surface area (Å²) in [6.45, 7) is 1.68. The van der Waals surface area contributed by atoms with Crippen molar-refractivity contribution >= 4 is 17.7 Å². The van der Waals surface area contributed by atoms with Gasteiger partial charge in [-0.1, -0.05) is 48.5 Å². The summed E-state index contributed by atoms with van der Waals surface area (Å²) in [7, 11) is 0. The molecule has 1 aliphatic heterocycles. The molecule has 0 saturated heterocycles. The highest BCUT2D eigenvalue weighted by molar-refractivity contribution is 6.12. The molecule has 0 radical (unpaired) electrons. The van der Waals surface area contributed by atoms with Crippen molar-refractivity contribution in [1.82, 2.24) is 5.32 Å². The number of nitrogens with one attached hydrogen (secondary N) is 1. The van der Waals surface area contributed by atoms with Crippen LogP contribution in [0.15, 0.2) is 65.9 Å². The number of Topliss-reactive ketones (excluding diaryl/α,β-unsaturated/α-hetero) is 1. The van der Waals surface area contributed by atoms with Crippen LogP contribution in [0.5, 0.6) is 0 Å². The summed E-state index contributed by atoms with van der Waals surface area (Å²) >= 11 is 0. The van der Waals surface area contributed by atoms with E-state index in [0.29, 0.717) is 5.56 Å². The first kappa shape index (κ1) is 22.8. The van der Waals surface area contributed by atoms with Crippen LogP contribution in [0.25, 0.3) is 0 Å². The molecule has 172 valence electrons. The third kappa shape index (κ3) is 4.29. The topological polar surface area (TPSA) is 72.5 Å². The summed E-state index contributed by atoms with van der Waals surface area (Å²) in [5.41, 5.74) is -0.0182. The first-order valence-electron chi connectivity index (χ1n) is 10.7. The van der Waals surface area contributed by atoms with Gasteiger partial charge in [-0.05, 0) is 30.5 Å². The Morgan fingerprint density at radius 3 is 2.36 bits per heavy atom. The smallest absolute Gasteiger partial charge is 0.416 e. The molecule has 4 rings (SSSR count). The number of allylic oxidation sites excluding steroid dienone is 2. The average Bonchev–Trinajstić information content (AvgIpc) is 2.78. The van der Waals surface area contributed by atoms with Crippen molar-refractivity contribution in [2.45, 2.75) is 37.8 Å². The molecule has 1 aliphatic carbocycles. The summed E-state index contributed by atoms with van der Waals surface area (Å²) < 4.78 is 46.4. The van der Waals surface area contributed by atoms with Crippen LogP contribution in [0, 0.1) is 5.92 Å². The number of carbonyl (C=O) groups excluding carboxylic acids is 3. The third-order valence-corrected chi connectivity index (χ3v) is 6.14. The van der Waals surface area contributed by atoms with Gasteiger partial charge >= 0.3 is 12.1 Å². The number of halogens is 3. The molecule has 1 heterocycles. The quantitative estimate of drug-likeness (QED) is 0.542. The standard InChI is InChI=1S/C25H22F3NO4/c1-2-33-24(32)22-16(14-8-4-3-5-9-14)12-19-21(23(22)31)17(13-20(30)29-19)15-10-6-7-11-18(15)25(26,27)28/h3-11,16-17,22H,2,12-13H2,1H3,(H,29,30)/t16-,17+,22-/m0/s1. The number of esters is 1. The van der Waals surface area contributed by atoms with Gasteiger partial charge in [0.05, 0.1) is 12.2 Å². The summed E-state index contributed by atoms with van der Waals surface area (Å²) in [6, 6.07) is 13.8. The molecule has 0 unspecified atom stereocenters. The van der Waals surface area contributed by atoms with E-state index in [2.05, 4.69) is 5.32 Å². The minimum Gasteiger partial charge on any atom is -0.465 e. The molecule has 33 heavy (non-hydrogen) atoms. The lowest BCUT2D eigenvalue weighted by atomic mass is 9.67. The van der Waals surface area contributed by atoms with E-state index in [0.717, 1.165) is 6.07 Å². The number of rotatable bonds is 4. The van der Waals surface area contributed by atoms with Crippen molar-refractivity contribution in [2.75, 3.05) is 6.61 Å². The van der Waals surface area contributed by atoms with Gasteiger partial charge in [0.1, 0.15) is 5.92 Å². The number of amides is 1. The molecule has 1 N–H and O–H groups in total. The fraction of sp³-hybridized carbons (Fsp3) is 0.320. The second kappa shape index (κ2) is 8.84. The summed E-state index contributed by atoms with van der Waals surface area (Å²) in [4.78, 5) is 39.1. The Hall–Kier alpha value is -3.42. The number of ether oxygens (including phenoxy) is 1. The van der Waals surface area contributed by atoms with Crippen LogP contribution in [-0.4, -0.2) is 24.3 Å². The first-order valence-corrected chi connectivity index (χ1v) is 10.7. The predicted octanol–water partition coefficient (Wildman–Crippen LogP) is 4.50. The van der Waals surface area contributed by atoms with Gasteiger partial charge in [0, 0.05) is 29.5 Å². The Kier molecular flexibility index (Phi) is 6.10. The second-order valence-corrected chi connectivity index (χ2v) is 8.10. The van der Waals surface area contributed by atoms with Crippen LogP contribution in [0.4, 0.5) is 13.2 Å². The van der Waals surface area contributed by atoms with E-state index >= 15 is 0 Å². The van der Waals surface area contributed by atoms with Gasteiger partial charge in [-0.15, -0.1) is 0 Å². The average molecular weight is 457 g/mol. The number of carbonyl (C=O) groups is 3. The van der Waals surface area contributed by atoms with Gasteiger partial charge in [-0.2, -0.15) is 13.2 Å². The monoisotopic (exact) mass is 457 g/mol. The van der Waals surface area contributed by atoms with Crippen molar-refractivity contribution in [2.24, 2.45) is 5.92 Å². The maximum Gasteiger partial charge on any atom is 0.416 e. The van der Waals surface area contributed by atoms with Crippen molar-refractivity contribution in [3.8, 4) is 0 Å². The number of benzene rings is 2. The molecule has 0 aromatic heterocycles. The molecule has 2 aromatic carbocycles. The molecule has 0 fully saturated rings. The van der Waals surface area contributed by atoms with Crippen molar-refractivity contribution < 1.29 is 32.3 Å². The van der Waals surface area contributed by atoms with Gasteiger partial charge in [-0.25, -0.2) is 0 Å². The fourth-order valence-electron chi connectivity index (χ4n) is 4.79. The van der Waals surface area contributed by atoms with E-state index in [4.69, 9.17) is 4.74 Å². The molecule has 0 spiro atoms. The van der Waals surface area contributed by atoms with E-state index in [1.165, 1.54) is 18.2 Å². The second-order valence-electron chi connectivity index (χ2n) is 8.10. The lowest BCUT2D eigenvalue weighted by Gasteiger charge is -2.38. The summed E-state index contributed by atoms with van der Waals surface area (Å²) in [6.07, 6.45) is -4.84. The molecule has 1 amide bonds. The van der Waals surface area contributed by atoms with Crippen LogP contribution in [0.3, 0.4) is 0 Å². The zero-order chi connectivity index (χ0) is 23.8. The maximum atomic E-state index is 13.7. The SMILES string of the molecule is CCOC(=O)[C@@H]1C(=O)C2=C(C[C@H]1c1ccccc1)NC(=O)C[C@@H]2c1ccccc1C(F)(F)F. The normalized spacial score (nSPS) is 23.1. The molecule has 0 saturated carbocycles. The van der Waals surface area contributed by atoms with Crippen LogP contribution < -0.4 is 5.32 Å². The third-order valence-electron chi connectivity index (χ3n) is 6.14. The largest absolute Gasteiger partial charge is 0.465 e. The molecule has 2 aromatic rings. The number of hydrogen-bond donors (Lipinski definition) is 1. The van der Waals surface area contributed by atoms with Gasteiger partial charge in [0.2, 0.25) is 5.91 Å². The van der Waals surface area contributed by atoms with E-state index in [1.807, 2.05) is 0 Å². The Labute approximate surface area is 188 Å². The number of alkyl halides is 3. The zero-order valence-electron chi connectivity index (χ0n) is 17.8. The summed E-state index contributed by atoms with van der Waals surface area (Å²) in [5.74, 6) is -4.71. The molecule has 0 bridgehead atoms. The highest BCUT2D eigenvalue weighted by atomic mass is 19.4. The Balaban J connectivity index is 1.86. The van der Waals surface area contributed by atoms with E-state index in [9.17, 15) is 27.6 Å². The zero-order valence-corrected chi connectivity index (χ0v) is 17.8. The van der Waals surface area contributed by atoms with Gasteiger partial charge in [0.25, 0.3) is 0 Å². The predicted molar refractivity (Wildman–Crippen MR) is 113 cm³/mol. The summed E-state index contributed by atoms with van der Waals surface area (Å²) in [5, 5.41) is 2.68. The van der Waals surface area contributed by atoms with Crippen molar-refractivity contribution in [3.63, 3.8) is 0 Å². The number of hydrogen-bond acceptors (Lipinski definition) is 4. The van der Waals surface area contributed by atoms with Gasteiger partial charge < -0.3 is 10.1 Å². The highest BCUT2D eigenvalue weighted by Crippen LogP contribution is 2.47. The van der Waals surface area contributed by atoms with Crippen molar-refractivity contribution in [1.29, 1.82) is 0 Å². The van der Waals surface area contributed by atoms with Gasteiger partial charge in [-0.3, -0.25) is 14.4 Å². The number of ketones is 1. The molecule has 2 aliphatic rings. The molecular formula is C25H22F3NO4. The van der Waals surface area contributed by atoms with Crippen molar-refractivity contribution in [3.05, 3.63) is 82.6 Å². The highest BCUT2D eigenvalue weighted by Gasteiger charge is 2.49. The molecular weight excluding hydrogens is 435 g/mol. The maximum absolute atomic E-state index is 13.7. The fourth-order valence-corrected chi connectivity index (χ4v) is 4.79. The first-order chi connectivity index (χ1) is 15.7. The van der Waals surface area contributed by atoms with Crippen LogP contribution in [0.2, 0.25) is 0 Å². The lowest BCUT2D eigenvalue weighted by molar-refractivity contribution is -0.152. The van der Waals surface area contributed by atoms with E-state index in [1.54, 1.807) is 37.3 Å². The van der Waals surface area contributed by atoms with Crippen LogP contribution >= 0.6 is 0 Å². The van der Waals surface area contributed by atoms with Crippen LogP contribution in [-0.2, 0) is 25.3 Å². The van der Waals surface area contributed by atoms with E-state index < -0.39 is 47.2 Å². The molecule has 5 nitrogen and oxygen atoms in total. The Bertz CT molecular complexity index is 1120. The Morgan fingerprint density at radius 2 is 1.70 bits per heavy atom. The molecule has 3 atom stereocenters. The van der Waals surface area contributed by atoms with E-state index in [-0.39, 0.29) is 36.3 Å². The lowest BCUT2D eigenvalue weighted by Crippen LogP contribution is -2.44.